The predicted octanol–water partition coefficient (Wildman–Crippen LogP) is 4.10. The topological polar surface area (TPSA) is 55.1 Å². The minimum atomic E-state index is -0.221. The molecule has 1 amide bonds. The fourth-order valence-electron chi connectivity index (χ4n) is 1.93. The van der Waals surface area contributed by atoms with Gasteiger partial charge in [-0.25, -0.2) is 4.98 Å². The third-order valence-electron chi connectivity index (χ3n) is 3.03. The van der Waals surface area contributed by atoms with Crippen molar-refractivity contribution >= 4 is 38.7 Å². The van der Waals surface area contributed by atoms with Crippen LogP contribution >= 0.6 is 11.3 Å². The van der Waals surface area contributed by atoms with Gasteiger partial charge in [0.15, 0.2) is 5.13 Å². The maximum absolute atomic E-state index is 11.8. The molecule has 2 heterocycles. The Kier molecular flexibility index (Phi) is 3.83. The van der Waals surface area contributed by atoms with Gasteiger partial charge >= 0.3 is 0 Å². The van der Waals surface area contributed by atoms with Crippen LogP contribution in [0, 0.1) is 0 Å². The first kappa shape index (κ1) is 13.6. The molecule has 21 heavy (non-hydrogen) atoms. The molecule has 1 N–H and O–H groups in total. The highest BCUT2D eigenvalue weighted by molar-refractivity contribution is 7.22. The van der Waals surface area contributed by atoms with Crippen LogP contribution in [0.5, 0.6) is 0 Å². The summed E-state index contributed by atoms with van der Waals surface area (Å²) in [5.41, 5.74) is 2.17. The average Bonchev–Trinajstić information content (AvgIpc) is 3.13. The summed E-state index contributed by atoms with van der Waals surface area (Å²) in [6.45, 7) is 2.12. The number of thiazole rings is 1. The number of carbonyl (C=O) groups is 1. The molecule has 1 aromatic carbocycles. The number of aryl methyl sites for hydroxylation is 1. The Labute approximate surface area is 126 Å². The maximum atomic E-state index is 11.8. The zero-order valence-corrected chi connectivity index (χ0v) is 12.3. The molecule has 2 aromatic heterocycles. The Bertz CT molecular complexity index is 788. The third-order valence-corrected chi connectivity index (χ3v) is 3.97. The van der Waals surface area contributed by atoms with E-state index >= 15 is 0 Å². The lowest BCUT2D eigenvalue weighted by Crippen LogP contribution is -2.07. The van der Waals surface area contributed by atoms with Crippen LogP contribution in [0.2, 0.25) is 0 Å². The normalized spacial score (nSPS) is 11.3. The van der Waals surface area contributed by atoms with Crippen LogP contribution < -0.4 is 5.32 Å². The van der Waals surface area contributed by atoms with Crippen LogP contribution in [0.15, 0.2) is 47.1 Å². The van der Waals surface area contributed by atoms with Gasteiger partial charge in [-0.3, -0.25) is 10.1 Å². The van der Waals surface area contributed by atoms with Crippen molar-refractivity contribution in [2.24, 2.45) is 0 Å². The van der Waals surface area contributed by atoms with Crippen molar-refractivity contribution in [2.75, 3.05) is 5.32 Å². The lowest BCUT2D eigenvalue weighted by Gasteiger charge is -1.94. The first-order chi connectivity index (χ1) is 10.2. The Balaban J connectivity index is 1.73. The summed E-state index contributed by atoms with van der Waals surface area (Å²) in [5, 5.41) is 3.38. The van der Waals surface area contributed by atoms with Crippen molar-refractivity contribution in [2.45, 2.75) is 13.3 Å². The number of anilines is 1. The predicted molar refractivity (Wildman–Crippen MR) is 85.4 cm³/mol. The fourth-order valence-corrected chi connectivity index (χ4v) is 2.87. The zero-order chi connectivity index (χ0) is 14.7. The van der Waals surface area contributed by atoms with Crippen LogP contribution in [0.3, 0.4) is 0 Å². The number of furan rings is 1. The molecule has 0 aliphatic rings. The lowest BCUT2D eigenvalue weighted by atomic mass is 10.2. The molecule has 0 saturated heterocycles. The Morgan fingerprint density at radius 3 is 3.10 bits per heavy atom. The number of nitrogens with zero attached hydrogens (tertiary/aromatic N) is 1. The first-order valence-corrected chi connectivity index (χ1v) is 7.48. The number of hydrogen-bond acceptors (Lipinski definition) is 4. The van der Waals surface area contributed by atoms with Gasteiger partial charge in [0.1, 0.15) is 5.76 Å². The van der Waals surface area contributed by atoms with Gasteiger partial charge in [-0.05, 0) is 42.3 Å². The Morgan fingerprint density at radius 1 is 1.43 bits per heavy atom. The Morgan fingerprint density at radius 2 is 2.33 bits per heavy atom. The van der Waals surface area contributed by atoms with E-state index in [9.17, 15) is 4.79 Å². The SMILES string of the molecule is CCc1ccc2nc(NC(=O)/C=C/c3ccco3)sc2c1. The molecule has 0 aliphatic heterocycles. The number of aromatic nitrogens is 1. The first-order valence-electron chi connectivity index (χ1n) is 6.66. The van der Waals surface area contributed by atoms with E-state index in [0.29, 0.717) is 10.9 Å². The average molecular weight is 298 g/mol. The number of fused-ring (bicyclic) bond motifs is 1. The quantitative estimate of drug-likeness (QED) is 0.738. The number of amides is 1. The van der Waals surface area contributed by atoms with Gasteiger partial charge in [-0.2, -0.15) is 0 Å². The highest BCUT2D eigenvalue weighted by Crippen LogP contribution is 2.27. The second kappa shape index (κ2) is 5.93. The highest BCUT2D eigenvalue weighted by atomic mass is 32.1. The van der Waals surface area contributed by atoms with Gasteiger partial charge < -0.3 is 4.42 Å². The van der Waals surface area contributed by atoms with Crippen LogP contribution in [0.1, 0.15) is 18.2 Å². The molecule has 5 heteroatoms. The molecule has 0 atom stereocenters. The van der Waals surface area contributed by atoms with Gasteiger partial charge in [-0.1, -0.05) is 24.3 Å². The number of carbonyl (C=O) groups excluding carboxylic acids is 1. The molecule has 0 spiro atoms. The molecule has 0 bridgehead atoms. The van der Waals surface area contributed by atoms with Crippen molar-refractivity contribution in [3.63, 3.8) is 0 Å². The molecule has 3 aromatic rings. The molecule has 0 fully saturated rings. The molecule has 3 rings (SSSR count). The largest absolute Gasteiger partial charge is 0.465 e. The summed E-state index contributed by atoms with van der Waals surface area (Å²) in [4.78, 5) is 16.2. The fraction of sp³-hybridized carbons (Fsp3) is 0.125. The molecular formula is C16H14N2O2S. The monoisotopic (exact) mass is 298 g/mol. The molecule has 0 aliphatic carbocycles. The number of nitrogens with one attached hydrogen (secondary N) is 1. The summed E-state index contributed by atoms with van der Waals surface area (Å²) in [6, 6.07) is 9.72. The van der Waals surface area contributed by atoms with Crippen LogP contribution in [-0.4, -0.2) is 10.9 Å². The summed E-state index contributed by atoms with van der Waals surface area (Å²) >= 11 is 1.48. The molecule has 0 saturated carbocycles. The van der Waals surface area contributed by atoms with Gasteiger partial charge in [0.25, 0.3) is 0 Å². The molecule has 4 nitrogen and oxygen atoms in total. The van der Waals surface area contributed by atoms with E-state index in [1.165, 1.54) is 23.0 Å². The molecule has 0 radical (unpaired) electrons. The van der Waals surface area contributed by atoms with Gasteiger partial charge in [0, 0.05) is 6.08 Å². The van der Waals surface area contributed by atoms with Crippen molar-refractivity contribution in [3.05, 3.63) is 54.0 Å². The molecular weight excluding hydrogens is 284 g/mol. The van der Waals surface area contributed by atoms with Crippen molar-refractivity contribution in [3.8, 4) is 0 Å². The number of benzene rings is 1. The maximum Gasteiger partial charge on any atom is 0.250 e. The van der Waals surface area contributed by atoms with E-state index in [4.69, 9.17) is 4.42 Å². The second-order valence-corrected chi connectivity index (χ2v) is 5.54. The van der Waals surface area contributed by atoms with E-state index in [1.807, 2.05) is 6.07 Å². The number of rotatable bonds is 4. The summed E-state index contributed by atoms with van der Waals surface area (Å²) < 4.78 is 6.21. The zero-order valence-electron chi connectivity index (χ0n) is 11.5. The van der Waals surface area contributed by atoms with E-state index in [1.54, 1.807) is 24.5 Å². The Hall–Kier alpha value is -2.40. The number of hydrogen-bond donors (Lipinski definition) is 1. The van der Waals surface area contributed by atoms with E-state index in [2.05, 4.69) is 29.4 Å². The van der Waals surface area contributed by atoms with Crippen LogP contribution in [-0.2, 0) is 11.2 Å². The van der Waals surface area contributed by atoms with Gasteiger partial charge in [-0.15, -0.1) is 0 Å². The van der Waals surface area contributed by atoms with Crippen molar-refractivity contribution in [1.29, 1.82) is 0 Å². The summed E-state index contributed by atoms with van der Waals surface area (Å²) in [6.07, 6.45) is 5.61. The molecule has 106 valence electrons. The summed E-state index contributed by atoms with van der Waals surface area (Å²) in [7, 11) is 0. The highest BCUT2D eigenvalue weighted by Gasteiger charge is 2.06. The smallest absolute Gasteiger partial charge is 0.250 e. The van der Waals surface area contributed by atoms with Crippen LogP contribution in [0.4, 0.5) is 5.13 Å². The molecule has 0 unspecified atom stereocenters. The minimum Gasteiger partial charge on any atom is -0.465 e. The van der Waals surface area contributed by atoms with Crippen LogP contribution in [0.25, 0.3) is 16.3 Å². The third kappa shape index (κ3) is 3.20. The minimum absolute atomic E-state index is 0.221. The van der Waals surface area contributed by atoms with Crippen molar-refractivity contribution in [1.82, 2.24) is 4.98 Å². The summed E-state index contributed by atoms with van der Waals surface area (Å²) in [5.74, 6) is 0.420. The lowest BCUT2D eigenvalue weighted by molar-refractivity contribution is -0.111. The second-order valence-electron chi connectivity index (χ2n) is 4.51. The van der Waals surface area contributed by atoms with E-state index < -0.39 is 0 Å². The van der Waals surface area contributed by atoms with Crippen molar-refractivity contribution < 1.29 is 9.21 Å². The van der Waals surface area contributed by atoms with Gasteiger partial charge in [0.2, 0.25) is 5.91 Å². The van der Waals surface area contributed by atoms with E-state index in [-0.39, 0.29) is 5.91 Å². The van der Waals surface area contributed by atoms with E-state index in [0.717, 1.165) is 16.6 Å². The van der Waals surface area contributed by atoms with Gasteiger partial charge in [0.05, 0.1) is 16.5 Å². The standard InChI is InChI=1S/C16H14N2O2S/c1-2-11-5-7-13-14(10-11)21-16(17-13)18-15(19)8-6-12-4-3-9-20-12/h3-10H,2H2,1H3,(H,17,18,19)/b8-6+.